The molecule has 2 atom stereocenters. The Morgan fingerprint density at radius 2 is 2.05 bits per heavy atom. The molecular weight excluding hydrogens is 248 g/mol. The second-order valence-electron chi connectivity index (χ2n) is 6.11. The molecule has 1 aromatic heterocycles. The second-order valence-corrected chi connectivity index (χ2v) is 6.11. The maximum Gasteiger partial charge on any atom is 0.137 e. The second kappa shape index (κ2) is 6.42. The largest absolute Gasteiger partial charge is 0.373 e. The van der Waals surface area contributed by atoms with E-state index >= 15 is 0 Å². The van der Waals surface area contributed by atoms with Crippen molar-refractivity contribution in [1.29, 1.82) is 0 Å². The van der Waals surface area contributed by atoms with Gasteiger partial charge >= 0.3 is 0 Å². The fourth-order valence-electron chi connectivity index (χ4n) is 3.13. The van der Waals surface area contributed by atoms with E-state index in [-0.39, 0.29) is 0 Å². The third kappa shape index (κ3) is 3.05. The van der Waals surface area contributed by atoms with Crippen molar-refractivity contribution in [3.05, 3.63) is 11.4 Å². The Morgan fingerprint density at radius 3 is 2.65 bits per heavy atom. The van der Waals surface area contributed by atoms with Gasteiger partial charge in [0.15, 0.2) is 0 Å². The standard InChI is InChI=1S/C16H28N4/c1-6-7-14-18-15(17-5)13(4)16(19-14)20-9-8-11(2)10-12(20)3/h11-12H,6-10H2,1-5H3,(H,17,18,19). The highest BCUT2D eigenvalue weighted by Gasteiger charge is 2.26. The highest BCUT2D eigenvalue weighted by molar-refractivity contribution is 5.59. The lowest BCUT2D eigenvalue weighted by molar-refractivity contribution is 0.375. The van der Waals surface area contributed by atoms with E-state index in [1.165, 1.54) is 18.4 Å². The minimum atomic E-state index is 0.562. The Morgan fingerprint density at radius 1 is 1.30 bits per heavy atom. The summed E-state index contributed by atoms with van der Waals surface area (Å²) in [5.41, 5.74) is 1.17. The summed E-state index contributed by atoms with van der Waals surface area (Å²) in [5, 5.41) is 3.22. The molecule has 1 aliphatic rings. The molecule has 4 heteroatoms. The van der Waals surface area contributed by atoms with Crippen molar-refractivity contribution in [2.75, 3.05) is 23.8 Å². The van der Waals surface area contributed by atoms with Gasteiger partial charge in [-0.3, -0.25) is 0 Å². The van der Waals surface area contributed by atoms with Gasteiger partial charge in [-0.05, 0) is 39.0 Å². The molecule has 1 saturated heterocycles. The van der Waals surface area contributed by atoms with Crippen LogP contribution in [0.3, 0.4) is 0 Å². The number of nitrogens with one attached hydrogen (secondary N) is 1. The van der Waals surface area contributed by atoms with Gasteiger partial charge in [0.1, 0.15) is 17.5 Å². The Labute approximate surface area is 123 Å². The number of aryl methyl sites for hydroxylation is 1. The van der Waals surface area contributed by atoms with Crippen LogP contribution in [0, 0.1) is 12.8 Å². The minimum absolute atomic E-state index is 0.562. The van der Waals surface area contributed by atoms with Gasteiger partial charge < -0.3 is 10.2 Å². The summed E-state index contributed by atoms with van der Waals surface area (Å²) < 4.78 is 0. The summed E-state index contributed by atoms with van der Waals surface area (Å²) in [4.78, 5) is 11.9. The molecule has 2 unspecified atom stereocenters. The molecule has 1 aromatic rings. The van der Waals surface area contributed by atoms with E-state index in [2.05, 4.69) is 42.9 Å². The molecule has 4 nitrogen and oxygen atoms in total. The number of anilines is 2. The van der Waals surface area contributed by atoms with Crippen molar-refractivity contribution in [2.24, 2.45) is 5.92 Å². The van der Waals surface area contributed by atoms with Gasteiger partial charge in [0.2, 0.25) is 0 Å². The average molecular weight is 276 g/mol. The Bertz CT molecular complexity index is 458. The lowest BCUT2D eigenvalue weighted by Crippen LogP contribution is -2.41. The summed E-state index contributed by atoms with van der Waals surface area (Å²) in [7, 11) is 1.94. The van der Waals surface area contributed by atoms with Crippen molar-refractivity contribution in [1.82, 2.24) is 9.97 Å². The van der Waals surface area contributed by atoms with Crippen LogP contribution in [0.1, 0.15) is 51.4 Å². The molecule has 1 aliphatic heterocycles. The van der Waals surface area contributed by atoms with Crippen LogP contribution in [0.25, 0.3) is 0 Å². The van der Waals surface area contributed by atoms with Crippen LogP contribution in [0.2, 0.25) is 0 Å². The first-order valence-electron chi connectivity index (χ1n) is 7.88. The lowest BCUT2D eigenvalue weighted by Gasteiger charge is -2.38. The molecule has 0 aliphatic carbocycles. The maximum absolute atomic E-state index is 4.84. The van der Waals surface area contributed by atoms with Crippen LogP contribution >= 0.6 is 0 Å². The maximum atomic E-state index is 4.84. The molecule has 0 saturated carbocycles. The van der Waals surface area contributed by atoms with Gasteiger partial charge in [-0.25, -0.2) is 9.97 Å². The van der Waals surface area contributed by atoms with Crippen LogP contribution in [0.5, 0.6) is 0 Å². The molecule has 20 heavy (non-hydrogen) atoms. The van der Waals surface area contributed by atoms with E-state index in [1.54, 1.807) is 0 Å². The zero-order chi connectivity index (χ0) is 14.7. The van der Waals surface area contributed by atoms with Gasteiger partial charge in [-0.15, -0.1) is 0 Å². The normalized spacial score (nSPS) is 22.9. The van der Waals surface area contributed by atoms with Crippen LogP contribution in [0.15, 0.2) is 0 Å². The van der Waals surface area contributed by atoms with Crippen molar-refractivity contribution in [2.45, 2.75) is 59.4 Å². The number of piperidine rings is 1. The fourth-order valence-corrected chi connectivity index (χ4v) is 3.13. The highest BCUT2D eigenvalue weighted by atomic mass is 15.2. The molecule has 1 N–H and O–H groups in total. The molecule has 2 heterocycles. The van der Waals surface area contributed by atoms with Gasteiger partial charge in [0, 0.05) is 31.6 Å². The molecule has 1 fully saturated rings. The Balaban J connectivity index is 2.36. The first-order chi connectivity index (χ1) is 9.56. The summed E-state index contributed by atoms with van der Waals surface area (Å²) in [6.07, 6.45) is 4.53. The quantitative estimate of drug-likeness (QED) is 0.915. The van der Waals surface area contributed by atoms with Gasteiger partial charge in [0.05, 0.1) is 0 Å². The molecule has 0 spiro atoms. The van der Waals surface area contributed by atoms with Crippen LogP contribution in [-0.2, 0) is 6.42 Å². The van der Waals surface area contributed by atoms with Gasteiger partial charge in [0.25, 0.3) is 0 Å². The summed E-state index contributed by atoms with van der Waals surface area (Å²) in [6, 6.07) is 0.562. The molecule has 0 amide bonds. The van der Waals surface area contributed by atoms with E-state index in [1.807, 2.05) is 7.05 Å². The lowest BCUT2D eigenvalue weighted by atomic mass is 9.93. The topological polar surface area (TPSA) is 41.1 Å². The van der Waals surface area contributed by atoms with E-state index < -0.39 is 0 Å². The number of hydrogen-bond donors (Lipinski definition) is 1. The summed E-state index contributed by atoms with van der Waals surface area (Å²) in [6.45, 7) is 10.1. The van der Waals surface area contributed by atoms with Crippen LogP contribution in [0.4, 0.5) is 11.6 Å². The van der Waals surface area contributed by atoms with Gasteiger partial charge in [-0.1, -0.05) is 13.8 Å². The van der Waals surface area contributed by atoms with Crippen molar-refractivity contribution < 1.29 is 0 Å². The SMILES string of the molecule is CCCc1nc(NC)c(C)c(N2CCC(C)CC2C)n1. The third-order valence-corrected chi connectivity index (χ3v) is 4.29. The van der Waals surface area contributed by atoms with E-state index in [0.29, 0.717) is 6.04 Å². The molecule has 112 valence electrons. The number of aromatic nitrogens is 2. The Kier molecular flexibility index (Phi) is 4.84. The van der Waals surface area contributed by atoms with E-state index in [4.69, 9.17) is 4.98 Å². The van der Waals surface area contributed by atoms with Crippen LogP contribution in [-0.4, -0.2) is 29.6 Å². The minimum Gasteiger partial charge on any atom is -0.373 e. The number of nitrogens with zero attached hydrogens (tertiary/aromatic N) is 3. The number of rotatable bonds is 4. The van der Waals surface area contributed by atoms with Crippen molar-refractivity contribution in [3.8, 4) is 0 Å². The number of hydrogen-bond acceptors (Lipinski definition) is 4. The first kappa shape index (κ1) is 15.1. The highest BCUT2D eigenvalue weighted by Crippen LogP contribution is 2.31. The third-order valence-electron chi connectivity index (χ3n) is 4.29. The average Bonchev–Trinajstić information content (AvgIpc) is 2.41. The van der Waals surface area contributed by atoms with E-state index in [9.17, 15) is 0 Å². The zero-order valence-corrected chi connectivity index (χ0v) is 13.5. The van der Waals surface area contributed by atoms with E-state index in [0.717, 1.165) is 42.8 Å². The van der Waals surface area contributed by atoms with Crippen molar-refractivity contribution >= 4 is 11.6 Å². The predicted molar refractivity (Wildman–Crippen MR) is 85.5 cm³/mol. The van der Waals surface area contributed by atoms with Crippen molar-refractivity contribution in [3.63, 3.8) is 0 Å². The van der Waals surface area contributed by atoms with Crippen LogP contribution < -0.4 is 10.2 Å². The zero-order valence-electron chi connectivity index (χ0n) is 13.5. The molecular formula is C16H28N4. The summed E-state index contributed by atoms with van der Waals surface area (Å²) >= 11 is 0. The predicted octanol–water partition coefficient (Wildman–Crippen LogP) is 3.40. The molecule has 0 bridgehead atoms. The summed E-state index contributed by atoms with van der Waals surface area (Å²) in [5.74, 6) is 3.89. The molecule has 2 rings (SSSR count). The monoisotopic (exact) mass is 276 g/mol. The molecule has 0 radical (unpaired) electrons. The fraction of sp³-hybridized carbons (Fsp3) is 0.750. The Hall–Kier alpha value is -1.32. The smallest absolute Gasteiger partial charge is 0.137 e. The van der Waals surface area contributed by atoms with Gasteiger partial charge in [-0.2, -0.15) is 0 Å². The molecule has 0 aromatic carbocycles. The first-order valence-corrected chi connectivity index (χ1v) is 7.88.